The van der Waals surface area contributed by atoms with E-state index in [9.17, 15) is 4.79 Å². The van der Waals surface area contributed by atoms with Crippen molar-refractivity contribution >= 4 is 52.1 Å². The molecule has 234 valence electrons. The largest absolute Gasteiger partial charge is 0.481 e. The summed E-state index contributed by atoms with van der Waals surface area (Å²) in [5.74, 6) is 0.675. The first-order chi connectivity index (χ1) is 21.6. The highest BCUT2D eigenvalue weighted by molar-refractivity contribution is 7.80. The number of hydrogen-bond acceptors (Lipinski definition) is 6. The number of nitriles is 1. The normalized spacial score (nSPS) is 11.5. The van der Waals surface area contributed by atoms with Crippen molar-refractivity contribution in [3.8, 4) is 11.9 Å². The fourth-order valence-electron chi connectivity index (χ4n) is 4.85. The number of halogens is 2. The summed E-state index contributed by atoms with van der Waals surface area (Å²) in [5.41, 5.74) is 3.90. The number of imidazole rings is 1. The van der Waals surface area contributed by atoms with Crippen molar-refractivity contribution in [1.82, 2.24) is 24.8 Å². The number of amides is 1. The van der Waals surface area contributed by atoms with E-state index in [4.69, 9.17) is 45.4 Å². The summed E-state index contributed by atoms with van der Waals surface area (Å²) in [6.07, 6.45) is 5.94. The van der Waals surface area contributed by atoms with Crippen molar-refractivity contribution in [2.24, 2.45) is 5.92 Å². The van der Waals surface area contributed by atoms with Gasteiger partial charge in [0.25, 0.3) is 0 Å². The van der Waals surface area contributed by atoms with Crippen LogP contribution in [-0.2, 0) is 24.3 Å². The zero-order valence-corrected chi connectivity index (χ0v) is 27.7. The molecule has 2 aromatic heterocycles. The number of ether oxygens (including phenoxy) is 1. The van der Waals surface area contributed by atoms with E-state index in [1.165, 1.54) is 0 Å². The molecule has 12 heteroatoms. The van der Waals surface area contributed by atoms with Gasteiger partial charge in [-0.25, -0.2) is 9.97 Å². The minimum absolute atomic E-state index is 0.124. The van der Waals surface area contributed by atoms with Crippen LogP contribution in [-0.4, -0.2) is 50.2 Å². The van der Waals surface area contributed by atoms with Crippen molar-refractivity contribution in [1.29, 1.82) is 5.26 Å². The maximum absolute atomic E-state index is 13.4. The number of carbonyl (C=O) groups excluding carboxylic acids is 1. The van der Waals surface area contributed by atoms with Crippen LogP contribution in [0.5, 0.6) is 5.88 Å². The van der Waals surface area contributed by atoms with Crippen molar-refractivity contribution in [3.05, 3.63) is 106 Å². The van der Waals surface area contributed by atoms with E-state index in [1.54, 1.807) is 50.1 Å². The van der Waals surface area contributed by atoms with E-state index in [-0.39, 0.29) is 18.4 Å². The molecule has 0 spiro atoms. The molecule has 2 aromatic carbocycles. The number of pyridine rings is 1. The molecule has 1 atom stereocenters. The van der Waals surface area contributed by atoms with E-state index in [0.717, 1.165) is 23.2 Å². The first-order valence-corrected chi connectivity index (χ1v) is 15.6. The van der Waals surface area contributed by atoms with E-state index < -0.39 is 0 Å². The lowest BCUT2D eigenvalue weighted by molar-refractivity contribution is -0.121. The van der Waals surface area contributed by atoms with Crippen LogP contribution in [0.1, 0.15) is 42.7 Å². The van der Waals surface area contributed by atoms with Gasteiger partial charge in [-0.15, -0.1) is 0 Å². The van der Waals surface area contributed by atoms with Gasteiger partial charge in [0, 0.05) is 43.6 Å². The zero-order chi connectivity index (χ0) is 32.3. The van der Waals surface area contributed by atoms with Crippen molar-refractivity contribution in [2.75, 3.05) is 19.0 Å². The molecule has 0 aliphatic heterocycles. The number of anilines is 1. The second kappa shape index (κ2) is 16.2. The Bertz CT molecular complexity index is 1640. The van der Waals surface area contributed by atoms with Gasteiger partial charge in [0.15, 0.2) is 5.11 Å². The van der Waals surface area contributed by atoms with Gasteiger partial charge in [-0.3, -0.25) is 4.79 Å². The number of benzene rings is 2. The maximum atomic E-state index is 13.4. The average molecular weight is 665 g/mol. The molecular formula is C33H35Cl2N7O2S. The number of hydrogen-bond donors (Lipinski definition) is 2. The van der Waals surface area contributed by atoms with E-state index in [1.807, 2.05) is 39.8 Å². The molecule has 2 N–H and O–H groups in total. The monoisotopic (exact) mass is 663 g/mol. The van der Waals surface area contributed by atoms with Crippen molar-refractivity contribution < 1.29 is 9.53 Å². The standard InChI is InChI=1S/C33H35Cl2N7O2S/c1-22(2)13-27(39-30(43)14-28-17-37-21-42(28)18-24-9-7-23(15-36)8-10-24)20-41(19-25-5-4-6-29(34)32(25)35)33(45)40-26-11-12-31(44-3)38-16-26/h4-12,16-17,21-22,27H,13-14,18-20H2,1-3H3,(H,39,43)(H,40,45)/t27-/m0/s1. The molecule has 4 aromatic rings. The first-order valence-electron chi connectivity index (χ1n) is 14.4. The molecule has 45 heavy (non-hydrogen) atoms. The van der Waals surface area contributed by atoms with Gasteiger partial charge in [0.2, 0.25) is 11.8 Å². The molecule has 0 radical (unpaired) electrons. The third-order valence-corrected chi connectivity index (χ3v) is 8.23. The van der Waals surface area contributed by atoms with E-state index in [2.05, 4.69) is 40.5 Å². The number of methoxy groups -OCH3 is 1. The van der Waals surface area contributed by atoms with E-state index >= 15 is 0 Å². The Morgan fingerprint density at radius 1 is 1.13 bits per heavy atom. The highest BCUT2D eigenvalue weighted by atomic mass is 35.5. The van der Waals surface area contributed by atoms with Crippen LogP contribution >= 0.6 is 35.4 Å². The number of rotatable bonds is 13. The summed E-state index contributed by atoms with van der Waals surface area (Å²) in [6, 6.07) is 18.3. The molecule has 0 unspecified atom stereocenters. The number of thiocarbonyl (C=S) groups is 1. The second-order valence-electron chi connectivity index (χ2n) is 11.0. The Kier molecular flexibility index (Phi) is 12.2. The highest BCUT2D eigenvalue weighted by Gasteiger charge is 2.22. The van der Waals surface area contributed by atoms with Gasteiger partial charge in [-0.05, 0) is 59.9 Å². The van der Waals surface area contributed by atoms with Gasteiger partial charge in [-0.2, -0.15) is 5.26 Å². The van der Waals surface area contributed by atoms with Crippen LogP contribution in [0, 0.1) is 17.2 Å². The van der Waals surface area contributed by atoms with Gasteiger partial charge < -0.3 is 24.8 Å². The Morgan fingerprint density at radius 3 is 2.58 bits per heavy atom. The predicted molar refractivity (Wildman–Crippen MR) is 181 cm³/mol. The van der Waals surface area contributed by atoms with E-state index in [0.29, 0.717) is 57.8 Å². The second-order valence-corrected chi connectivity index (χ2v) is 12.2. The Hall–Kier alpha value is -4.17. The van der Waals surface area contributed by atoms with Crippen LogP contribution < -0.4 is 15.4 Å². The molecule has 0 bridgehead atoms. The lowest BCUT2D eigenvalue weighted by Gasteiger charge is -2.32. The fourth-order valence-corrected chi connectivity index (χ4v) is 5.49. The quantitative estimate of drug-likeness (QED) is 0.156. The number of aromatic nitrogens is 3. The molecule has 1 amide bonds. The molecule has 4 rings (SSSR count). The summed E-state index contributed by atoms with van der Waals surface area (Å²) in [5, 5.41) is 16.9. The number of nitrogens with zero attached hydrogens (tertiary/aromatic N) is 5. The third kappa shape index (κ3) is 9.91. The van der Waals surface area contributed by atoms with Crippen LogP contribution in [0.2, 0.25) is 10.0 Å². The number of carbonyl (C=O) groups is 1. The molecule has 0 aliphatic rings. The summed E-state index contributed by atoms with van der Waals surface area (Å²) >= 11 is 18.8. The van der Waals surface area contributed by atoms with Crippen LogP contribution in [0.15, 0.2) is 73.3 Å². The first kappa shape index (κ1) is 33.7. The summed E-state index contributed by atoms with van der Waals surface area (Å²) < 4.78 is 7.11. The molecule has 9 nitrogen and oxygen atoms in total. The summed E-state index contributed by atoms with van der Waals surface area (Å²) in [4.78, 5) is 23.9. The minimum Gasteiger partial charge on any atom is -0.481 e. The lowest BCUT2D eigenvalue weighted by atomic mass is 10.0. The molecule has 0 fully saturated rings. The van der Waals surface area contributed by atoms with Gasteiger partial charge in [-0.1, -0.05) is 61.3 Å². The SMILES string of the molecule is COc1ccc(NC(=S)N(Cc2cccc(Cl)c2Cl)C[C@H](CC(C)C)NC(=O)Cc2cncn2Cc2ccc(C#N)cc2)cn1. The maximum Gasteiger partial charge on any atom is 0.226 e. The minimum atomic E-state index is -0.223. The topological polar surface area (TPSA) is 108 Å². The molecule has 2 heterocycles. The molecular weight excluding hydrogens is 629 g/mol. The zero-order valence-electron chi connectivity index (χ0n) is 25.3. The fraction of sp³-hybridized carbons (Fsp3) is 0.303. The summed E-state index contributed by atoms with van der Waals surface area (Å²) in [6.45, 7) is 5.56. The molecule has 0 saturated heterocycles. The summed E-state index contributed by atoms with van der Waals surface area (Å²) in [7, 11) is 1.56. The number of nitrogens with one attached hydrogen (secondary N) is 2. The third-order valence-electron chi connectivity index (χ3n) is 7.01. The Balaban J connectivity index is 1.50. The van der Waals surface area contributed by atoms with Gasteiger partial charge in [0.1, 0.15) is 0 Å². The predicted octanol–water partition coefficient (Wildman–Crippen LogP) is 6.49. The van der Waals surface area contributed by atoms with Crippen LogP contribution in [0.25, 0.3) is 0 Å². The Labute approximate surface area is 279 Å². The average Bonchev–Trinajstić information content (AvgIpc) is 3.45. The van der Waals surface area contributed by atoms with Gasteiger partial charge >= 0.3 is 0 Å². The highest BCUT2D eigenvalue weighted by Crippen LogP contribution is 2.27. The molecule has 0 aliphatic carbocycles. The lowest BCUT2D eigenvalue weighted by Crippen LogP contribution is -2.47. The molecule has 0 saturated carbocycles. The van der Waals surface area contributed by atoms with Crippen LogP contribution in [0.3, 0.4) is 0 Å². The smallest absolute Gasteiger partial charge is 0.226 e. The Morgan fingerprint density at radius 2 is 1.91 bits per heavy atom. The van der Waals surface area contributed by atoms with Gasteiger partial charge in [0.05, 0.1) is 53.4 Å². The van der Waals surface area contributed by atoms with Crippen molar-refractivity contribution in [3.63, 3.8) is 0 Å². The van der Waals surface area contributed by atoms with Crippen LogP contribution in [0.4, 0.5) is 5.69 Å². The van der Waals surface area contributed by atoms with Crippen molar-refractivity contribution in [2.45, 2.75) is 45.8 Å².